The molecule has 0 unspecified atom stereocenters. The number of hydrogen-bond donors (Lipinski definition) is 0. The van der Waals surface area contributed by atoms with Gasteiger partial charge in [0, 0.05) is 31.9 Å². The number of hydrogen-bond acceptors (Lipinski definition) is 4. The molecule has 2 rings (SSSR count). The second-order valence-corrected chi connectivity index (χ2v) is 5.34. The van der Waals surface area contributed by atoms with Gasteiger partial charge in [0.2, 0.25) is 0 Å². The molecule has 5 heteroatoms. The quantitative estimate of drug-likeness (QED) is 0.357. The Kier molecular flexibility index (Phi) is 5.48. The third kappa shape index (κ3) is 4.31. The van der Waals surface area contributed by atoms with Gasteiger partial charge in [0.15, 0.2) is 0 Å². The SMILES string of the molecule is CN(C)c1ccc(/C=C/C=C(/C#N)c2ccc([N+](=O)[O-])cc2)cc1. The highest BCUT2D eigenvalue weighted by molar-refractivity contribution is 5.79. The van der Waals surface area contributed by atoms with Crippen LogP contribution in [-0.2, 0) is 0 Å². The van der Waals surface area contributed by atoms with Crippen molar-refractivity contribution in [1.29, 1.82) is 5.26 Å². The molecule has 0 radical (unpaired) electrons. The first-order chi connectivity index (χ1) is 11.5. The molecule has 0 amide bonds. The summed E-state index contributed by atoms with van der Waals surface area (Å²) in [6, 6.07) is 16.1. The molecular weight excluding hydrogens is 302 g/mol. The molecule has 0 aromatic heterocycles. The molecule has 2 aromatic rings. The van der Waals surface area contributed by atoms with E-state index < -0.39 is 4.92 Å². The minimum atomic E-state index is -0.461. The molecular formula is C19H17N3O2. The Balaban J connectivity index is 2.15. The number of nitrogens with zero attached hydrogens (tertiary/aromatic N) is 3. The molecule has 0 aliphatic heterocycles. The Morgan fingerprint density at radius 3 is 2.25 bits per heavy atom. The summed E-state index contributed by atoms with van der Waals surface area (Å²) in [6.45, 7) is 0. The summed E-state index contributed by atoms with van der Waals surface area (Å²) in [6.07, 6.45) is 5.40. The fourth-order valence-corrected chi connectivity index (χ4v) is 2.10. The third-order valence-corrected chi connectivity index (χ3v) is 3.47. The van der Waals surface area contributed by atoms with E-state index in [2.05, 4.69) is 6.07 Å². The summed E-state index contributed by atoms with van der Waals surface area (Å²) in [4.78, 5) is 12.2. The molecule has 2 aromatic carbocycles. The maximum Gasteiger partial charge on any atom is 0.269 e. The summed E-state index contributed by atoms with van der Waals surface area (Å²) < 4.78 is 0. The van der Waals surface area contributed by atoms with Crippen molar-refractivity contribution in [2.45, 2.75) is 0 Å². The zero-order valence-corrected chi connectivity index (χ0v) is 13.5. The maximum atomic E-state index is 10.7. The van der Waals surface area contributed by atoms with Crippen LogP contribution in [0.2, 0.25) is 0 Å². The number of nitriles is 1. The number of nitro benzene ring substituents is 1. The Hall–Kier alpha value is -3.39. The van der Waals surface area contributed by atoms with Gasteiger partial charge in [-0.25, -0.2) is 0 Å². The molecule has 0 saturated heterocycles. The van der Waals surface area contributed by atoms with Crippen LogP contribution in [-0.4, -0.2) is 19.0 Å². The molecule has 0 bridgehead atoms. The van der Waals surface area contributed by atoms with Gasteiger partial charge in [-0.05, 0) is 41.5 Å². The van der Waals surface area contributed by atoms with E-state index in [1.54, 1.807) is 24.3 Å². The van der Waals surface area contributed by atoms with E-state index in [1.807, 2.05) is 49.3 Å². The number of rotatable bonds is 5. The highest BCUT2D eigenvalue weighted by Crippen LogP contribution is 2.19. The summed E-state index contributed by atoms with van der Waals surface area (Å²) in [5.41, 5.74) is 3.25. The van der Waals surface area contributed by atoms with Gasteiger partial charge in [0.05, 0.1) is 16.6 Å². The van der Waals surface area contributed by atoms with E-state index >= 15 is 0 Å². The number of benzene rings is 2. The van der Waals surface area contributed by atoms with Crippen molar-refractivity contribution in [3.8, 4) is 6.07 Å². The van der Waals surface area contributed by atoms with Crippen LogP contribution < -0.4 is 4.90 Å². The number of nitro groups is 1. The average Bonchev–Trinajstić information content (AvgIpc) is 2.59. The van der Waals surface area contributed by atoms with Crippen molar-refractivity contribution >= 4 is 23.0 Å². The highest BCUT2D eigenvalue weighted by atomic mass is 16.6. The van der Waals surface area contributed by atoms with Crippen LogP contribution in [0.15, 0.2) is 60.7 Å². The van der Waals surface area contributed by atoms with Gasteiger partial charge in [0.1, 0.15) is 0 Å². The van der Waals surface area contributed by atoms with E-state index in [-0.39, 0.29) is 5.69 Å². The summed E-state index contributed by atoms with van der Waals surface area (Å²) in [5, 5.41) is 19.9. The fourth-order valence-electron chi connectivity index (χ4n) is 2.10. The van der Waals surface area contributed by atoms with Crippen LogP contribution in [0.3, 0.4) is 0 Å². The van der Waals surface area contributed by atoms with E-state index in [9.17, 15) is 15.4 Å². The van der Waals surface area contributed by atoms with Crippen molar-refractivity contribution in [2.24, 2.45) is 0 Å². The molecule has 0 saturated carbocycles. The number of non-ortho nitro benzene ring substituents is 1. The highest BCUT2D eigenvalue weighted by Gasteiger charge is 2.05. The fraction of sp³-hybridized carbons (Fsp3) is 0.105. The summed E-state index contributed by atoms with van der Waals surface area (Å²) >= 11 is 0. The van der Waals surface area contributed by atoms with E-state index in [0.29, 0.717) is 11.1 Å². The number of allylic oxidation sites excluding steroid dienone is 3. The molecule has 120 valence electrons. The zero-order chi connectivity index (χ0) is 17.5. The van der Waals surface area contributed by atoms with Crippen molar-refractivity contribution in [3.63, 3.8) is 0 Å². The summed E-state index contributed by atoms with van der Waals surface area (Å²) in [5.74, 6) is 0. The lowest BCUT2D eigenvalue weighted by atomic mass is 10.1. The topological polar surface area (TPSA) is 70.2 Å². The van der Waals surface area contributed by atoms with Gasteiger partial charge in [-0.15, -0.1) is 0 Å². The molecule has 24 heavy (non-hydrogen) atoms. The third-order valence-electron chi connectivity index (χ3n) is 3.47. The first-order valence-electron chi connectivity index (χ1n) is 7.32. The number of anilines is 1. The Morgan fingerprint density at radius 1 is 1.12 bits per heavy atom. The lowest BCUT2D eigenvalue weighted by Crippen LogP contribution is -2.07. The Labute approximate surface area is 140 Å². The molecule has 0 N–H and O–H groups in total. The maximum absolute atomic E-state index is 10.7. The van der Waals surface area contributed by atoms with E-state index in [0.717, 1.165) is 11.3 Å². The lowest BCUT2D eigenvalue weighted by Gasteiger charge is -2.11. The summed E-state index contributed by atoms with van der Waals surface area (Å²) in [7, 11) is 3.97. The van der Waals surface area contributed by atoms with Crippen molar-refractivity contribution in [1.82, 2.24) is 0 Å². The predicted octanol–water partition coefficient (Wildman–Crippen LogP) is 4.28. The minimum absolute atomic E-state index is 0.00700. The van der Waals surface area contributed by atoms with Crippen molar-refractivity contribution in [2.75, 3.05) is 19.0 Å². The van der Waals surface area contributed by atoms with E-state index in [1.165, 1.54) is 12.1 Å². The lowest BCUT2D eigenvalue weighted by molar-refractivity contribution is -0.384. The van der Waals surface area contributed by atoms with Gasteiger partial charge in [-0.2, -0.15) is 5.26 Å². The van der Waals surface area contributed by atoms with Gasteiger partial charge in [-0.1, -0.05) is 24.3 Å². The smallest absolute Gasteiger partial charge is 0.269 e. The molecule has 0 heterocycles. The van der Waals surface area contributed by atoms with E-state index in [4.69, 9.17) is 0 Å². The molecule has 5 nitrogen and oxygen atoms in total. The first-order valence-corrected chi connectivity index (χ1v) is 7.32. The van der Waals surface area contributed by atoms with Crippen molar-refractivity contribution < 1.29 is 4.92 Å². The van der Waals surface area contributed by atoms with Crippen LogP contribution >= 0.6 is 0 Å². The normalized spacial score (nSPS) is 11.3. The second kappa shape index (κ2) is 7.75. The predicted molar refractivity (Wildman–Crippen MR) is 96.5 cm³/mol. The average molecular weight is 319 g/mol. The molecule has 0 atom stereocenters. The first kappa shape index (κ1) is 17.0. The molecule has 0 aliphatic carbocycles. The van der Waals surface area contributed by atoms with Crippen LogP contribution in [0, 0.1) is 21.4 Å². The standard InChI is InChI=1S/C19H17N3O2/c1-21(2)18-10-6-15(7-11-18)4-3-5-17(14-20)16-8-12-19(13-9-16)22(23)24/h3-13H,1-2H3/b4-3+,17-5-. The van der Waals surface area contributed by atoms with Gasteiger partial charge >= 0.3 is 0 Å². The Morgan fingerprint density at radius 2 is 1.75 bits per heavy atom. The Bertz CT molecular complexity index is 811. The van der Waals surface area contributed by atoms with Crippen LogP contribution in [0.1, 0.15) is 11.1 Å². The van der Waals surface area contributed by atoms with Gasteiger partial charge in [-0.3, -0.25) is 10.1 Å². The van der Waals surface area contributed by atoms with Crippen molar-refractivity contribution in [3.05, 3.63) is 81.9 Å². The van der Waals surface area contributed by atoms with Crippen LogP contribution in [0.4, 0.5) is 11.4 Å². The van der Waals surface area contributed by atoms with Gasteiger partial charge < -0.3 is 4.90 Å². The van der Waals surface area contributed by atoms with Crippen LogP contribution in [0.5, 0.6) is 0 Å². The van der Waals surface area contributed by atoms with Crippen LogP contribution in [0.25, 0.3) is 11.6 Å². The monoisotopic (exact) mass is 319 g/mol. The van der Waals surface area contributed by atoms with Gasteiger partial charge in [0.25, 0.3) is 5.69 Å². The largest absolute Gasteiger partial charge is 0.378 e. The molecule has 0 aliphatic rings. The molecule has 0 fully saturated rings. The molecule has 0 spiro atoms. The zero-order valence-electron chi connectivity index (χ0n) is 13.5. The second-order valence-electron chi connectivity index (χ2n) is 5.34. The minimum Gasteiger partial charge on any atom is -0.378 e.